The molecule has 6 nitrogen and oxygen atoms in total. The van der Waals surface area contributed by atoms with Crippen molar-refractivity contribution in [3.63, 3.8) is 0 Å². The summed E-state index contributed by atoms with van der Waals surface area (Å²) in [6.45, 7) is 6.04. The first-order valence-corrected chi connectivity index (χ1v) is 9.79. The van der Waals surface area contributed by atoms with E-state index in [4.69, 9.17) is 15.3 Å². The third-order valence-corrected chi connectivity index (χ3v) is 4.88. The van der Waals surface area contributed by atoms with Crippen LogP contribution < -0.4 is 11.2 Å². The zero-order valence-electron chi connectivity index (χ0n) is 16.1. The minimum atomic E-state index is -0.472. The summed E-state index contributed by atoms with van der Waals surface area (Å²) in [5.74, 6) is 1.21. The van der Waals surface area contributed by atoms with Gasteiger partial charge < -0.3 is 15.3 Å². The average molecular weight is 354 g/mol. The third-order valence-electron chi connectivity index (χ3n) is 4.88. The molecule has 6 heteroatoms. The van der Waals surface area contributed by atoms with Crippen molar-refractivity contribution < 1.29 is 14.4 Å². The summed E-state index contributed by atoms with van der Waals surface area (Å²) in [6.07, 6.45) is 10.1. The van der Waals surface area contributed by atoms with E-state index >= 15 is 0 Å². The molecule has 25 heavy (non-hydrogen) atoms. The van der Waals surface area contributed by atoms with E-state index in [0.29, 0.717) is 18.9 Å². The molecule has 1 aliphatic heterocycles. The molecule has 0 saturated heterocycles. The van der Waals surface area contributed by atoms with Crippen LogP contribution >= 0.6 is 0 Å². The SMILES string of the molecule is CC(C)(C)OC(=O)C[C@@H](CCCC1CCCCC1)C1=NC(CN)NO1. The Labute approximate surface area is 151 Å². The lowest BCUT2D eigenvalue weighted by atomic mass is 9.84. The fraction of sp³-hybridized carbons (Fsp3) is 0.895. The maximum atomic E-state index is 12.3. The van der Waals surface area contributed by atoms with Crippen LogP contribution in [-0.4, -0.2) is 30.2 Å². The highest BCUT2D eigenvalue weighted by molar-refractivity contribution is 5.84. The smallest absolute Gasteiger partial charge is 0.307 e. The van der Waals surface area contributed by atoms with Crippen molar-refractivity contribution >= 4 is 11.9 Å². The van der Waals surface area contributed by atoms with Gasteiger partial charge >= 0.3 is 5.97 Å². The Morgan fingerprint density at radius 3 is 2.68 bits per heavy atom. The number of carbonyl (C=O) groups is 1. The molecule has 0 amide bonds. The summed E-state index contributed by atoms with van der Waals surface area (Å²) in [4.78, 5) is 22.2. The quantitative estimate of drug-likeness (QED) is 0.654. The molecule has 0 aromatic heterocycles. The van der Waals surface area contributed by atoms with Crippen LogP contribution in [0.1, 0.15) is 78.6 Å². The van der Waals surface area contributed by atoms with Crippen LogP contribution in [0, 0.1) is 11.8 Å². The van der Waals surface area contributed by atoms with E-state index in [1.165, 1.54) is 38.5 Å². The molecule has 0 bridgehead atoms. The van der Waals surface area contributed by atoms with Crippen LogP contribution in [-0.2, 0) is 14.4 Å². The monoisotopic (exact) mass is 353 g/mol. The number of hydrogen-bond donors (Lipinski definition) is 2. The topological polar surface area (TPSA) is 85.9 Å². The van der Waals surface area contributed by atoms with Crippen LogP contribution in [0.5, 0.6) is 0 Å². The Morgan fingerprint density at radius 1 is 1.36 bits per heavy atom. The number of rotatable bonds is 8. The predicted octanol–water partition coefficient (Wildman–Crippen LogP) is 3.30. The van der Waals surface area contributed by atoms with Crippen molar-refractivity contribution in [3.8, 4) is 0 Å². The molecule has 3 N–H and O–H groups in total. The number of nitrogens with two attached hydrogens (primary N) is 1. The molecule has 1 heterocycles. The molecular weight excluding hydrogens is 318 g/mol. The molecule has 1 saturated carbocycles. The van der Waals surface area contributed by atoms with Crippen LogP contribution in [0.3, 0.4) is 0 Å². The molecule has 144 valence electrons. The van der Waals surface area contributed by atoms with Crippen molar-refractivity contribution in [2.24, 2.45) is 22.6 Å². The van der Waals surface area contributed by atoms with Gasteiger partial charge in [0.1, 0.15) is 11.8 Å². The highest BCUT2D eigenvalue weighted by atomic mass is 16.7. The largest absolute Gasteiger partial charge is 0.460 e. The Kier molecular flexibility index (Phi) is 7.69. The molecule has 0 aromatic rings. The maximum absolute atomic E-state index is 12.3. The van der Waals surface area contributed by atoms with E-state index in [1.807, 2.05) is 20.8 Å². The molecule has 1 unspecified atom stereocenters. The van der Waals surface area contributed by atoms with E-state index < -0.39 is 5.60 Å². The molecule has 0 radical (unpaired) electrons. The van der Waals surface area contributed by atoms with E-state index in [1.54, 1.807) is 0 Å². The van der Waals surface area contributed by atoms with Gasteiger partial charge in [-0.25, -0.2) is 4.99 Å². The number of nitrogens with zero attached hydrogens (tertiary/aromatic N) is 1. The summed E-state index contributed by atoms with van der Waals surface area (Å²) >= 11 is 0. The summed E-state index contributed by atoms with van der Waals surface area (Å²) in [5.41, 5.74) is 7.98. The fourth-order valence-corrected chi connectivity index (χ4v) is 3.65. The number of ether oxygens (including phenoxy) is 1. The molecule has 1 fully saturated rings. The second-order valence-electron chi connectivity index (χ2n) is 8.36. The second-order valence-corrected chi connectivity index (χ2v) is 8.36. The van der Waals surface area contributed by atoms with Crippen molar-refractivity contribution in [2.45, 2.75) is 90.3 Å². The van der Waals surface area contributed by atoms with Crippen LogP contribution in [0.15, 0.2) is 4.99 Å². The molecule has 2 atom stereocenters. The van der Waals surface area contributed by atoms with Gasteiger partial charge in [-0.1, -0.05) is 44.9 Å². The lowest BCUT2D eigenvalue weighted by Gasteiger charge is -2.23. The number of nitrogens with one attached hydrogen (secondary N) is 1. The number of carbonyl (C=O) groups excluding carboxylic acids is 1. The Hall–Kier alpha value is -1.14. The first-order chi connectivity index (χ1) is 11.9. The second kappa shape index (κ2) is 9.53. The predicted molar refractivity (Wildman–Crippen MR) is 98.9 cm³/mol. The van der Waals surface area contributed by atoms with Crippen molar-refractivity contribution in [1.82, 2.24) is 5.48 Å². The highest BCUT2D eigenvalue weighted by Crippen LogP contribution is 2.29. The van der Waals surface area contributed by atoms with Gasteiger partial charge in [0, 0.05) is 12.5 Å². The van der Waals surface area contributed by atoms with E-state index in [2.05, 4.69) is 10.5 Å². The number of hydrogen-bond acceptors (Lipinski definition) is 6. The van der Waals surface area contributed by atoms with Gasteiger partial charge in [0.15, 0.2) is 0 Å². The lowest BCUT2D eigenvalue weighted by molar-refractivity contribution is -0.155. The standard InChI is InChI=1S/C19H35N3O3/c1-19(2,3)24-17(23)12-15(18-21-16(13-20)22-25-18)11-7-10-14-8-5-4-6-9-14/h14-16,22H,4-13,20H2,1-3H3/t15-,16?/m1/s1. The normalized spacial score (nSPS) is 23.0. The number of esters is 1. The van der Waals surface area contributed by atoms with Crippen molar-refractivity contribution in [2.75, 3.05) is 6.54 Å². The Balaban J connectivity index is 1.88. The lowest BCUT2D eigenvalue weighted by Crippen LogP contribution is -2.30. The van der Waals surface area contributed by atoms with E-state index in [-0.39, 0.29) is 18.1 Å². The molecular formula is C19H35N3O3. The molecule has 2 aliphatic rings. The molecule has 1 aliphatic carbocycles. The minimum Gasteiger partial charge on any atom is -0.460 e. The molecule has 0 aromatic carbocycles. The van der Waals surface area contributed by atoms with E-state index in [9.17, 15) is 4.79 Å². The zero-order chi connectivity index (χ0) is 18.3. The van der Waals surface area contributed by atoms with Gasteiger partial charge in [-0.3, -0.25) is 4.79 Å². The van der Waals surface area contributed by atoms with E-state index in [0.717, 1.165) is 18.8 Å². The van der Waals surface area contributed by atoms with Crippen molar-refractivity contribution in [1.29, 1.82) is 0 Å². The van der Waals surface area contributed by atoms with Gasteiger partial charge in [-0.15, -0.1) is 5.48 Å². The fourth-order valence-electron chi connectivity index (χ4n) is 3.65. The van der Waals surface area contributed by atoms with Crippen LogP contribution in [0.25, 0.3) is 0 Å². The summed E-state index contributed by atoms with van der Waals surface area (Å²) < 4.78 is 5.48. The summed E-state index contributed by atoms with van der Waals surface area (Å²) in [6, 6.07) is 0. The Bertz CT molecular complexity index is 453. The average Bonchev–Trinajstić information content (AvgIpc) is 3.02. The minimum absolute atomic E-state index is 0.0394. The zero-order valence-corrected chi connectivity index (χ0v) is 16.1. The van der Waals surface area contributed by atoms with Gasteiger partial charge in [0.05, 0.1) is 6.42 Å². The highest BCUT2D eigenvalue weighted by Gasteiger charge is 2.29. The number of hydroxylamine groups is 1. The third kappa shape index (κ3) is 7.32. The maximum Gasteiger partial charge on any atom is 0.307 e. The molecule has 2 rings (SSSR count). The van der Waals surface area contributed by atoms with Crippen LogP contribution in [0.2, 0.25) is 0 Å². The molecule has 0 spiro atoms. The number of aliphatic imine (C=N–C) groups is 1. The first-order valence-electron chi connectivity index (χ1n) is 9.79. The van der Waals surface area contributed by atoms with Gasteiger partial charge in [-0.2, -0.15) is 0 Å². The Morgan fingerprint density at radius 2 is 2.08 bits per heavy atom. The van der Waals surface area contributed by atoms with Gasteiger partial charge in [-0.05, 0) is 33.1 Å². The van der Waals surface area contributed by atoms with Crippen LogP contribution in [0.4, 0.5) is 0 Å². The van der Waals surface area contributed by atoms with Crippen molar-refractivity contribution in [3.05, 3.63) is 0 Å². The summed E-state index contributed by atoms with van der Waals surface area (Å²) in [7, 11) is 0. The van der Waals surface area contributed by atoms with Gasteiger partial charge in [0.25, 0.3) is 0 Å². The first kappa shape index (κ1) is 20.2. The van der Waals surface area contributed by atoms with Gasteiger partial charge in [0.2, 0.25) is 5.90 Å². The summed E-state index contributed by atoms with van der Waals surface area (Å²) in [5, 5.41) is 0.